The second kappa shape index (κ2) is 20.1. The number of ether oxygens (including phenoxy) is 2. The van der Waals surface area contributed by atoms with Crippen LogP contribution < -0.4 is 37.0 Å². The molecule has 13 nitrogen and oxygen atoms in total. The number of aliphatic hydroxyl groups excluding tert-OH is 3. The number of nitrogens with two attached hydrogens (primary N) is 1. The number of quaternary nitrogens is 1. The third-order valence-corrected chi connectivity index (χ3v) is 6.91. The maximum atomic E-state index is 10.1. The van der Waals surface area contributed by atoms with Gasteiger partial charge in [0.1, 0.15) is 30.3 Å². The lowest BCUT2D eigenvalue weighted by Crippen LogP contribution is -2.53. The summed E-state index contributed by atoms with van der Waals surface area (Å²) in [7, 11) is -1.93. The Bertz CT molecular complexity index is 1270. The van der Waals surface area contributed by atoms with Crippen molar-refractivity contribution in [1.29, 1.82) is 0 Å². The van der Waals surface area contributed by atoms with E-state index in [1.807, 2.05) is 24.3 Å². The number of aliphatic carboxylic acids is 1. The fraction of sp³-hybridized carbons (Fsp3) is 0.367. The first-order chi connectivity index (χ1) is 21.8. The molecule has 46 heavy (non-hydrogen) atoms. The molecule has 2 heterocycles. The van der Waals surface area contributed by atoms with E-state index < -0.39 is 26.3 Å². The average Bonchev–Trinajstić information content (AvgIpc) is 3.58. The summed E-state index contributed by atoms with van der Waals surface area (Å²) in [6.07, 6.45) is -0.834. The molecule has 3 aromatic rings. The number of carbonyl (C=O) groups is 1. The molecule has 3 aromatic carbocycles. The van der Waals surface area contributed by atoms with Gasteiger partial charge in [0.15, 0.2) is 0 Å². The Kier molecular flexibility index (Phi) is 17.0. The number of carboxylic acid groups (broad SMARTS) is 1. The molecule has 16 heteroatoms. The number of fused-ring (bicyclic) bond motifs is 2. The molecule has 0 bridgehead atoms. The molecule has 0 unspecified atom stereocenters. The normalized spacial score (nSPS) is 16.5. The van der Waals surface area contributed by atoms with E-state index in [0.29, 0.717) is 67.1 Å². The minimum atomic E-state index is -1.52. The lowest BCUT2D eigenvalue weighted by molar-refractivity contribution is -0.383. The molecule has 250 valence electrons. The molecule has 10 N–H and O–H groups in total. The molecule has 0 aliphatic carbocycles. The zero-order valence-corrected chi connectivity index (χ0v) is 26.1. The smallest absolute Gasteiger partial charge is 0.496 e. The Hall–Kier alpha value is -3.21. The van der Waals surface area contributed by atoms with Crippen molar-refractivity contribution in [1.82, 2.24) is 0 Å². The third-order valence-electron chi connectivity index (χ3n) is 6.91. The Morgan fingerprint density at radius 1 is 0.848 bits per heavy atom. The van der Waals surface area contributed by atoms with Crippen molar-refractivity contribution in [2.24, 2.45) is 5.73 Å². The van der Waals surface area contributed by atoms with Gasteiger partial charge in [-0.1, -0.05) is 54.6 Å². The summed E-state index contributed by atoms with van der Waals surface area (Å²) in [4.78, 5) is 10.1. The second-order valence-corrected chi connectivity index (χ2v) is 9.98. The van der Waals surface area contributed by atoms with E-state index in [2.05, 4.69) is 5.73 Å². The van der Waals surface area contributed by atoms with Crippen molar-refractivity contribution in [2.75, 3.05) is 39.5 Å². The van der Waals surface area contributed by atoms with Crippen LogP contribution >= 0.6 is 12.4 Å². The zero-order valence-electron chi connectivity index (χ0n) is 25.3. The molecule has 0 radical (unpaired) electrons. The Morgan fingerprint density at radius 2 is 1.33 bits per heavy atom. The van der Waals surface area contributed by atoms with Gasteiger partial charge in [0.2, 0.25) is 0 Å². The highest BCUT2D eigenvalue weighted by Gasteiger charge is 2.38. The number of halogens is 1. The fourth-order valence-electron chi connectivity index (χ4n) is 4.73. The van der Waals surface area contributed by atoms with E-state index in [-0.39, 0.29) is 37.8 Å². The van der Waals surface area contributed by atoms with Crippen LogP contribution in [0, 0.1) is 0 Å². The van der Waals surface area contributed by atoms with Crippen LogP contribution in [0.4, 0.5) is 0 Å². The van der Waals surface area contributed by atoms with Crippen molar-refractivity contribution in [2.45, 2.75) is 31.2 Å². The van der Waals surface area contributed by atoms with Crippen molar-refractivity contribution in [3.8, 4) is 11.5 Å². The van der Waals surface area contributed by atoms with Crippen LogP contribution in [0.1, 0.15) is 47.8 Å². The predicted molar refractivity (Wildman–Crippen MR) is 171 cm³/mol. The van der Waals surface area contributed by atoms with E-state index in [1.54, 1.807) is 30.3 Å². The minimum Gasteiger partial charge on any atom is -0.547 e. The van der Waals surface area contributed by atoms with Crippen LogP contribution in [0.5, 0.6) is 11.5 Å². The van der Waals surface area contributed by atoms with Gasteiger partial charge in [0.25, 0.3) is 0 Å². The topological polar surface area (TPSA) is 232 Å². The van der Waals surface area contributed by atoms with Crippen LogP contribution in [0.25, 0.3) is 0 Å². The largest absolute Gasteiger partial charge is 0.547 e. The zero-order chi connectivity index (χ0) is 32.8. The fourth-order valence-corrected chi connectivity index (χ4v) is 4.73. The Morgan fingerprint density at radius 3 is 1.76 bits per heavy atom. The third kappa shape index (κ3) is 10.4. The van der Waals surface area contributed by atoms with Gasteiger partial charge in [-0.25, -0.2) is 0 Å². The van der Waals surface area contributed by atoms with E-state index in [9.17, 15) is 19.9 Å². The molecule has 0 amide bonds. The highest BCUT2D eigenvalue weighted by atomic mass is 35.5. The molecule has 0 aromatic heterocycles. The molecule has 2 aliphatic rings. The predicted octanol–water partition coefficient (Wildman–Crippen LogP) is -2.49. The number of hydrogen-bond donors (Lipinski definition) is 7. The monoisotopic (exact) mass is 662 g/mol. The molecular weight excluding hydrogens is 621 g/mol. The summed E-state index contributed by atoms with van der Waals surface area (Å²) in [5.74, 6) is -0.255. The molecule has 0 saturated heterocycles. The van der Waals surface area contributed by atoms with Gasteiger partial charge >= 0.3 is 14.2 Å². The number of hydrogen-bond acceptors (Lipinski definition) is 12. The first-order valence-electron chi connectivity index (χ1n) is 14.6. The van der Waals surface area contributed by atoms with Crippen LogP contribution in [-0.2, 0) is 14.1 Å². The molecule has 0 saturated carbocycles. The molecule has 2 aliphatic heterocycles. The van der Waals surface area contributed by atoms with Crippen LogP contribution in [-0.4, -0.2) is 85.1 Å². The van der Waals surface area contributed by atoms with Gasteiger partial charge in [0.05, 0.1) is 25.3 Å². The molecule has 0 fully saturated rings. The van der Waals surface area contributed by atoms with Crippen LogP contribution in [0.3, 0.4) is 0 Å². The summed E-state index contributed by atoms with van der Waals surface area (Å²) in [5.41, 5.74) is 12.9. The second-order valence-electron chi connectivity index (χ2n) is 9.98. The Labute approximate surface area is 274 Å². The first-order valence-corrected chi connectivity index (χ1v) is 14.6. The molecule has 5 rings (SSSR count). The standard InChI is InChI=1S/2C11H16BNO4.C8H8O3.ClH/c2*13-7-10-8-3-1-4-9(16-6-2-5-14)11(8)12(15)17-10;9-7(8(10)11)6-4-2-1-3-5-6;/h2*1,3-4,10,14-15H,2,5-7,13H2;1-5,7,9H,(H,10,11);1H/t2*10-;7-;/m111./s1. The van der Waals surface area contributed by atoms with Gasteiger partial charge < -0.3 is 65.5 Å². The van der Waals surface area contributed by atoms with E-state index in [1.165, 1.54) is 12.1 Å². The van der Waals surface area contributed by atoms with Crippen molar-refractivity contribution in [3.63, 3.8) is 0 Å². The summed E-state index contributed by atoms with van der Waals surface area (Å²) in [5, 5.41) is 56.1. The number of carboxylic acids is 1. The number of aliphatic hydroxyl groups is 3. The SMILES string of the molecule is Cl.NC[C@H]1OB(O)c2c(OCCCO)cccc21.O=C([O-])[C@H](O)c1ccccc1.[NH3+]C[C@H]1OB(O)c2c(OCCCO)cccc21. The summed E-state index contributed by atoms with van der Waals surface area (Å²) < 4.78 is 21.8. The van der Waals surface area contributed by atoms with E-state index in [0.717, 1.165) is 11.1 Å². The minimum absolute atomic E-state index is 0. The number of rotatable bonds is 12. The maximum Gasteiger partial charge on any atom is 0.496 e. The van der Waals surface area contributed by atoms with Gasteiger partial charge in [-0.2, -0.15) is 0 Å². The lowest BCUT2D eigenvalue weighted by Gasteiger charge is -2.11. The van der Waals surface area contributed by atoms with Crippen LogP contribution in [0.15, 0.2) is 66.7 Å². The maximum absolute atomic E-state index is 10.1. The van der Waals surface area contributed by atoms with E-state index >= 15 is 0 Å². The summed E-state index contributed by atoms with van der Waals surface area (Å²) in [6, 6.07) is 19.2. The first kappa shape index (κ1) is 39.0. The Balaban J connectivity index is 0.000000244. The number of benzene rings is 3. The van der Waals surface area contributed by atoms with Crippen LogP contribution in [0.2, 0.25) is 0 Å². The summed E-state index contributed by atoms with van der Waals surface area (Å²) in [6.45, 7) is 1.91. The molecule has 0 spiro atoms. The quantitative estimate of drug-likeness (QED) is 0.0789. The number of carbonyl (C=O) groups excluding carboxylic acids is 1. The average molecular weight is 663 g/mol. The van der Waals surface area contributed by atoms with Crippen molar-refractivity contribution in [3.05, 3.63) is 83.4 Å². The van der Waals surface area contributed by atoms with Gasteiger partial charge in [0, 0.05) is 43.5 Å². The van der Waals surface area contributed by atoms with Crippen molar-refractivity contribution >= 4 is 43.5 Å². The highest BCUT2D eigenvalue weighted by Crippen LogP contribution is 2.27. The van der Waals surface area contributed by atoms with Gasteiger partial charge in [-0.05, 0) is 28.8 Å². The molecular formula is C30H41B2ClN2O11. The lowest BCUT2D eigenvalue weighted by atomic mass is 9.78. The van der Waals surface area contributed by atoms with Gasteiger partial charge in [-0.15, -0.1) is 12.4 Å². The van der Waals surface area contributed by atoms with Crippen molar-refractivity contribution < 1.29 is 59.8 Å². The summed E-state index contributed by atoms with van der Waals surface area (Å²) >= 11 is 0. The highest BCUT2D eigenvalue weighted by molar-refractivity contribution is 6.63. The van der Waals surface area contributed by atoms with Gasteiger partial charge in [-0.3, -0.25) is 0 Å². The van der Waals surface area contributed by atoms with E-state index in [4.69, 9.17) is 39.8 Å². The molecule has 3 atom stereocenters.